The maximum atomic E-state index is 5.77. The summed E-state index contributed by atoms with van der Waals surface area (Å²) in [5, 5.41) is 0. The molecule has 2 bridgehead atoms. The number of fused-ring (bicyclic) bond motifs is 9. The molecule has 0 radical (unpaired) electrons. The molecule has 0 N–H and O–H groups in total. The van der Waals surface area contributed by atoms with Crippen molar-refractivity contribution < 1.29 is 37.9 Å². The minimum atomic E-state index is 0.580. The van der Waals surface area contributed by atoms with Gasteiger partial charge in [0.05, 0.1) is 106 Å². The van der Waals surface area contributed by atoms with Crippen molar-refractivity contribution in [1.82, 2.24) is 9.80 Å². The van der Waals surface area contributed by atoms with E-state index in [0.717, 1.165) is 39.3 Å². The normalized spacial score (nSPS) is 29.2. The van der Waals surface area contributed by atoms with Gasteiger partial charge in [0.25, 0.3) is 0 Å². The first kappa shape index (κ1) is 27.8. The zero-order chi connectivity index (χ0) is 22.4. The Morgan fingerprint density at radius 2 is 0.375 bits per heavy atom. The van der Waals surface area contributed by atoms with Gasteiger partial charge in [-0.15, -0.1) is 0 Å². The maximum Gasteiger partial charge on any atom is 0.0701 e. The Kier molecular flexibility index (Phi) is 18.4. The van der Waals surface area contributed by atoms with Gasteiger partial charge >= 0.3 is 0 Å². The summed E-state index contributed by atoms with van der Waals surface area (Å²) in [6.45, 7) is 14.8. The van der Waals surface area contributed by atoms with Crippen LogP contribution in [0.15, 0.2) is 0 Å². The van der Waals surface area contributed by atoms with Crippen LogP contribution in [-0.2, 0) is 37.9 Å². The van der Waals surface area contributed by atoms with Crippen molar-refractivity contribution in [2.45, 2.75) is 0 Å². The average molecular weight is 465 g/mol. The molecule has 0 aromatic carbocycles. The molecule has 0 aromatic heterocycles. The van der Waals surface area contributed by atoms with E-state index in [0.29, 0.717) is 106 Å². The molecule has 2 aliphatic rings. The van der Waals surface area contributed by atoms with Gasteiger partial charge in [0.2, 0.25) is 0 Å². The van der Waals surface area contributed by atoms with Gasteiger partial charge < -0.3 is 37.9 Å². The van der Waals surface area contributed by atoms with Crippen molar-refractivity contribution in [3.05, 3.63) is 0 Å². The molecule has 0 unspecified atom stereocenters. The number of ether oxygens (including phenoxy) is 8. The summed E-state index contributed by atoms with van der Waals surface area (Å²) in [5.74, 6) is 0. The maximum absolute atomic E-state index is 5.77. The molecule has 10 heteroatoms. The molecule has 0 aliphatic carbocycles. The van der Waals surface area contributed by atoms with Crippen LogP contribution in [0, 0.1) is 0 Å². The van der Waals surface area contributed by atoms with E-state index in [1.165, 1.54) is 0 Å². The Labute approximate surface area is 193 Å². The SMILES string of the molecule is C1COCCN2CCOCCOCCOCCN(CCOCCO1)CCOCCOCC2. The van der Waals surface area contributed by atoms with Crippen molar-refractivity contribution in [3.8, 4) is 0 Å². The van der Waals surface area contributed by atoms with E-state index in [1.807, 2.05) is 0 Å². The van der Waals surface area contributed by atoms with E-state index in [2.05, 4.69) is 9.80 Å². The molecule has 2 aliphatic heterocycles. The topological polar surface area (TPSA) is 80.3 Å². The van der Waals surface area contributed by atoms with Gasteiger partial charge in [0.1, 0.15) is 0 Å². The third-order valence-corrected chi connectivity index (χ3v) is 5.17. The van der Waals surface area contributed by atoms with Crippen LogP contribution >= 0.6 is 0 Å². The highest BCUT2D eigenvalue weighted by atomic mass is 16.6. The predicted octanol–water partition coefficient (Wildman–Crippen LogP) is -0.250. The van der Waals surface area contributed by atoms with Crippen molar-refractivity contribution >= 4 is 0 Å². The zero-order valence-electron chi connectivity index (χ0n) is 19.7. The molecular formula is C22H44N2O8. The number of hydrogen-bond acceptors (Lipinski definition) is 10. The number of rotatable bonds is 0. The Morgan fingerprint density at radius 3 is 0.562 bits per heavy atom. The van der Waals surface area contributed by atoms with E-state index >= 15 is 0 Å². The molecule has 0 spiro atoms. The van der Waals surface area contributed by atoms with Crippen LogP contribution < -0.4 is 0 Å². The monoisotopic (exact) mass is 464 g/mol. The standard InChI is InChI=1S/C22H44N2O8/c1-7-25-13-14-26-8-2-24-5-11-29-17-21-31-19-15-27-9-3-23(1)4-10-28-16-20-32-22-18-30-12-6-24/h1-22H2. The molecule has 0 atom stereocenters. The lowest BCUT2D eigenvalue weighted by atomic mass is 10.4. The van der Waals surface area contributed by atoms with E-state index < -0.39 is 0 Å². The summed E-state index contributed by atoms with van der Waals surface area (Å²) in [6, 6.07) is 0. The average Bonchev–Trinajstić information content (AvgIpc) is 2.80. The number of hydrogen-bond donors (Lipinski definition) is 0. The van der Waals surface area contributed by atoms with Gasteiger partial charge in [0, 0.05) is 39.3 Å². The highest BCUT2D eigenvalue weighted by Crippen LogP contribution is 1.95. The van der Waals surface area contributed by atoms with Crippen LogP contribution in [0.3, 0.4) is 0 Å². The molecule has 0 aromatic rings. The largest absolute Gasteiger partial charge is 0.378 e. The van der Waals surface area contributed by atoms with Gasteiger partial charge in [-0.25, -0.2) is 0 Å². The fraction of sp³-hybridized carbons (Fsp3) is 1.00. The first-order valence-electron chi connectivity index (χ1n) is 12.0. The summed E-state index contributed by atoms with van der Waals surface area (Å²) < 4.78 is 45.6. The highest BCUT2D eigenvalue weighted by Gasteiger charge is 2.08. The van der Waals surface area contributed by atoms with Gasteiger partial charge in [-0.1, -0.05) is 0 Å². The van der Waals surface area contributed by atoms with E-state index in [9.17, 15) is 0 Å². The molecule has 2 rings (SSSR count). The van der Waals surface area contributed by atoms with Crippen LogP contribution in [0.2, 0.25) is 0 Å². The lowest BCUT2D eigenvalue weighted by molar-refractivity contribution is -0.00747. The summed E-state index contributed by atoms with van der Waals surface area (Å²) in [7, 11) is 0. The summed E-state index contributed by atoms with van der Waals surface area (Å²) in [5.41, 5.74) is 0. The third kappa shape index (κ3) is 16.2. The minimum Gasteiger partial charge on any atom is -0.378 e. The summed E-state index contributed by atoms with van der Waals surface area (Å²) in [6.07, 6.45) is 0. The molecule has 32 heavy (non-hydrogen) atoms. The quantitative estimate of drug-likeness (QED) is 0.448. The van der Waals surface area contributed by atoms with Crippen molar-refractivity contribution in [3.63, 3.8) is 0 Å². The van der Waals surface area contributed by atoms with Crippen molar-refractivity contribution in [2.24, 2.45) is 0 Å². The third-order valence-electron chi connectivity index (χ3n) is 5.17. The van der Waals surface area contributed by atoms with Gasteiger partial charge in [-0.05, 0) is 0 Å². The van der Waals surface area contributed by atoms with Gasteiger partial charge in [-0.3, -0.25) is 9.80 Å². The van der Waals surface area contributed by atoms with E-state index in [4.69, 9.17) is 37.9 Å². The fourth-order valence-electron chi connectivity index (χ4n) is 3.24. The Bertz CT molecular complexity index is 348. The molecule has 0 amide bonds. The zero-order valence-corrected chi connectivity index (χ0v) is 19.7. The molecule has 2 saturated heterocycles. The first-order valence-corrected chi connectivity index (χ1v) is 12.0. The van der Waals surface area contributed by atoms with Crippen LogP contribution in [-0.4, -0.2) is 155 Å². The second kappa shape index (κ2) is 21.2. The second-order valence-corrected chi connectivity index (χ2v) is 7.58. The van der Waals surface area contributed by atoms with Crippen molar-refractivity contribution in [2.75, 3.05) is 145 Å². The molecule has 2 heterocycles. The van der Waals surface area contributed by atoms with Crippen LogP contribution in [0.5, 0.6) is 0 Å². The predicted molar refractivity (Wildman–Crippen MR) is 119 cm³/mol. The smallest absolute Gasteiger partial charge is 0.0701 e. The fourth-order valence-corrected chi connectivity index (χ4v) is 3.24. The van der Waals surface area contributed by atoms with Crippen LogP contribution in [0.4, 0.5) is 0 Å². The summed E-state index contributed by atoms with van der Waals surface area (Å²) >= 11 is 0. The second-order valence-electron chi connectivity index (χ2n) is 7.58. The van der Waals surface area contributed by atoms with E-state index in [1.54, 1.807) is 0 Å². The molecule has 10 nitrogen and oxygen atoms in total. The van der Waals surface area contributed by atoms with E-state index in [-0.39, 0.29) is 0 Å². The van der Waals surface area contributed by atoms with Crippen LogP contribution in [0.25, 0.3) is 0 Å². The molecule has 190 valence electrons. The Morgan fingerprint density at radius 1 is 0.219 bits per heavy atom. The highest BCUT2D eigenvalue weighted by molar-refractivity contribution is 4.59. The molecular weight excluding hydrogens is 420 g/mol. The van der Waals surface area contributed by atoms with Gasteiger partial charge in [0.15, 0.2) is 0 Å². The molecule has 0 saturated carbocycles. The minimum absolute atomic E-state index is 0.580. The van der Waals surface area contributed by atoms with Crippen molar-refractivity contribution in [1.29, 1.82) is 0 Å². The summed E-state index contributed by atoms with van der Waals surface area (Å²) in [4.78, 5) is 4.60. The Hall–Kier alpha value is -0.400. The Balaban J connectivity index is 1.85. The first-order chi connectivity index (χ1) is 15.9. The lowest BCUT2D eigenvalue weighted by Crippen LogP contribution is -2.35. The molecule has 2 fully saturated rings. The number of nitrogens with zero attached hydrogens (tertiary/aromatic N) is 2. The lowest BCUT2D eigenvalue weighted by Gasteiger charge is -2.22. The van der Waals surface area contributed by atoms with Gasteiger partial charge in [-0.2, -0.15) is 0 Å². The van der Waals surface area contributed by atoms with Crippen LogP contribution in [0.1, 0.15) is 0 Å².